The largest absolute Gasteiger partial charge is 0.322 e. The molecule has 0 fully saturated rings. The molecular formula is C13H17ClN3O2PS3. The van der Waals surface area contributed by atoms with E-state index in [1.54, 1.807) is 0 Å². The Bertz CT molecular complexity index is 738. The maximum absolute atomic E-state index is 5.94. The minimum absolute atomic E-state index is 0.518. The fraction of sp³-hybridized carbons (Fsp3) is 0.385. The number of H-pyrrole nitrogens is 1. The van der Waals surface area contributed by atoms with Crippen LogP contribution in [0.25, 0.3) is 5.69 Å². The molecule has 0 bridgehead atoms. The molecule has 2 aromatic rings. The van der Waals surface area contributed by atoms with Gasteiger partial charge in [-0.1, -0.05) is 23.0 Å². The molecule has 0 atom stereocenters. The van der Waals surface area contributed by atoms with Crippen LogP contribution in [0.2, 0.25) is 5.02 Å². The Hall–Kier alpha value is -0.210. The lowest BCUT2D eigenvalue weighted by molar-refractivity contribution is 0.280. The highest BCUT2D eigenvalue weighted by Gasteiger charge is 2.21. The number of rotatable bonds is 8. The predicted octanol–water partition coefficient (Wildman–Crippen LogP) is 5.11. The molecule has 23 heavy (non-hydrogen) atoms. The van der Waals surface area contributed by atoms with Gasteiger partial charge in [0.1, 0.15) is 5.82 Å². The normalized spacial score (nSPS) is 11.8. The summed E-state index contributed by atoms with van der Waals surface area (Å²) in [4.78, 5) is 0. The van der Waals surface area contributed by atoms with Gasteiger partial charge in [-0.15, -0.1) is 0 Å². The summed E-state index contributed by atoms with van der Waals surface area (Å²) < 4.78 is 13.6. The zero-order valence-electron chi connectivity index (χ0n) is 12.7. The zero-order chi connectivity index (χ0) is 16.9. The maximum Gasteiger partial charge on any atom is 0.247 e. The topological polar surface area (TPSA) is 52.1 Å². The van der Waals surface area contributed by atoms with Gasteiger partial charge in [0.2, 0.25) is 5.69 Å². The van der Waals surface area contributed by atoms with Gasteiger partial charge in [-0.25, -0.2) is 0 Å². The minimum Gasteiger partial charge on any atom is -0.322 e. The molecule has 126 valence electrons. The van der Waals surface area contributed by atoms with Crippen molar-refractivity contribution < 1.29 is 9.05 Å². The average molecular weight is 410 g/mol. The lowest BCUT2D eigenvalue weighted by Gasteiger charge is -2.19. The SMILES string of the molecule is CCOP(=S)(OCC)SCc1n[nH]c(=S)n1-c1ccc(Cl)cc1. The number of benzene rings is 1. The molecular weight excluding hydrogens is 393 g/mol. The Morgan fingerprint density at radius 2 is 1.87 bits per heavy atom. The van der Waals surface area contributed by atoms with E-state index in [2.05, 4.69) is 10.2 Å². The highest BCUT2D eigenvalue weighted by molar-refractivity contribution is 8.67. The molecule has 1 N–H and O–H groups in total. The molecule has 0 unspecified atom stereocenters. The van der Waals surface area contributed by atoms with E-state index in [9.17, 15) is 0 Å². The van der Waals surface area contributed by atoms with E-state index < -0.39 is 5.69 Å². The fourth-order valence-corrected chi connectivity index (χ4v) is 6.56. The molecule has 1 heterocycles. The summed E-state index contributed by atoms with van der Waals surface area (Å²) in [5, 5.41) is 7.78. The first-order valence-corrected chi connectivity index (χ1v) is 12.0. The van der Waals surface area contributed by atoms with Crippen molar-refractivity contribution >= 4 is 52.7 Å². The van der Waals surface area contributed by atoms with Gasteiger partial charge in [0.05, 0.1) is 19.0 Å². The van der Waals surface area contributed by atoms with Gasteiger partial charge >= 0.3 is 0 Å². The summed E-state index contributed by atoms with van der Waals surface area (Å²) in [5.74, 6) is 1.29. The standard InChI is InChI=1S/C13H17ClN3O2PS3/c1-3-18-20(22,19-4-2)23-9-12-15-16-13(21)17(12)11-7-5-10(14)6-8-11/h5-8H,3-4,9H2,1-2H3,(H,16,21). The van der Waals surface area contributed by atoms with Crippen LogP contribution in [0.4, 0.5) is 0 Å². The van der Waals surface area contributed by atoms with E-state index in [1.807, 2.05) is 42.7 Å². The third-order valence-electron chi connectivity index (χ3n) is 2.75. The van der Waals surface area contributed by atoms with Crippen molar-refractivity contribution in [3.05, 3.63) is 39.9 Å². The summed E-state index contributed by atoms with van der Waals surface area (Å²) in [5.41, 5.74) is -1.47. The van der Waals surface area contributed by atoms with Crippen LogP contribution in [0.15, 0.2) is 24.3 Å². The van der Waals surface area contributed by atoms with Crippen LogP contribution in [0.5, 0.6) is 0 Å². The van der Waals surface area contributed by atoms with Crippen molar-refractivity contribution in [2.24, 2.45) is 0 Å². The molecule has 10 heteroatoms. The Morgan fingerprint density at radius 3 is 2.43 bits per heavy atom. The van der Waals surface area contributed by atoms with Crippen LogP contribution >= 0.6 is 40.9 Å². The first kappa shape index (κ1) is 19.1. The van der Waals surface area contributed by atoms with Gasteiger partial charge in [-0.2, -0.15) is 5.10 Å². The van der Waals surface area contributed by atoms with Crippen LogP contribution in [0.3, 0.4) is 0 Å². The van der Waals surface area contributed by atoms with Gasteiger partial charge in [-0.05, 0) is 62.1 Å². The number of halogens is 1. The minimum atomic E-state index is -2.37. The fourth-order valence-electron chi connectivity index (χ4n) is 1.85. The number of aromatic amines is 1. The molecule has 0 aliphatic heterocycles. The molecule has 1 aromatic heterocycles. The highest BCUT2D eigenvalue weighted by Crippen LogP contribution is 2.61. The van der Waals surface area contributed by atoms with Crippen LogP contribution in [0, 0.1) is 4.77 Å². The maximum atomic E-state index is 5.94. The van der Waals surface area contributed by atoms with Crippen LogP contribution in [-0.2, 0) is 26.6 Å². The van der Waals surface area contributed by atoms with E-state index in [-0.39, 0.29) is 0 Å². The smallest absolute Gasteiger partial charge is 0.247 e. The zero-order valence-corrected chi connectivity index (χ0v) is 16.8. The first-order valence-electron chi connectivity index (χ1n) is 6.95. The highest BCUT2D eigenvalue weighted by atomic mass is 35.5. The number of hydrogen-bond donors (Lipinski definition) is 1. The van der Waals surface area contributed by atoms with Crippen molar-refractivity contribution in [3.63, 3.8) is 0 Å². The Morgan fingerprint density at radius 1 is 1.26 bits per heavy atom. The molecule has 5 nitrogen and oxygen atoms in total. The lowest BCUT2D eigenvalue weighted by Crippen LogP contribution is -2.01. The Labute approximate surface area is 154 Å². The van der Waals surface area contributed by atoms with E-state index in [4.69, 9.17) is 44.7 Å². The molecule has 0 saturated carbocycles. The summed E-state index contributed by atoms with van der Waals surface area (Å²) in [6.07, 6.45) is 0. The third kappa shape index (κ3) is 5.13. The summed E-state index contributed by atoms with van der Waals surface area (Å²) in [7, 11) is 0. The average Bonchev–Trinajstić information content (AvgIpc) is 2.88. The van der Waals surface area contributed by atoms with Crippen molar-refractivity contribution in [1.29, 1.82) is 0 Å². The van der Waals surface area contributed by atoms with Gasteiger partial charge < -0.3 is 9.05 Å². The third-order valence-corrected chi connectivity index (χ3v) is 8.68. The Balaban J connectivity index is 2.23. The van der Waals surface area contributed by atoms with E-state index in [0.717, 1.165) is 11.5 Å². The van der Waals surface area contributed by atoms with Gasteiger partial charge in [-0.3, -0.25) is 9.67 Å². The number of nitrogens with one attached hydrogen (secondary N) is 1. The molecule has 0 radical (unpaired) electrons. The number of nitrogens with zero attached hydrogens (tertiary/aromatic N) is 2. The summed E-state index contributed by atoms with van der Waals surface area (Å²) in [6.45, 7) is 4.86. The lowest BCUT2D eigenvalue weighted by atomic mass is 10.3. The van der Waals surface area contributed by atoms with E-state index >= 15 is 0 Å². The molecule has 1 aromatic carbocycles. The van der Waals surface area contributed by atoms with Crippen molar-refractivity contribution in [3.8, 4) is 5.69 Å². The van der Waals surface area contributed by atoms with Crippen LogP contribution in [0.1, 0.15) is 19.7 Å². The monoisotopic (exact) mass is 409 g/mol. The second-order valence-corrected chi connectivity index (χ2v) is 11.4. The first-order chi connectivity index (χ1) is 11.0. The predicted molar refractivity (Wildman–Crippen MR) is 103 cm³/mol. The van der Waals surface area contributed by atoms with Crippen molar-refractivity contribution in [1.82, 2.24) is 14.8 Å². The molecule has 0 amide bonds. The molecule has 0 aliphatic rings. The molecule has 2 rings (SSSR count). The van der Waals surface area contributed by atoms with E-state index in [0.29, 0.717) is 28.8 Å². The van der Waals surface area contributed by atoms with Crippen molar-refractivity contribution in [2.45, 2.75) is 19.6 Å². The Kier molecular flexibility index (Phi) is 7.28. The molecule has 0 saturated heterocycles. The second kappa shape index (κ2) is 8.76. The quantitative estimate of drug-likeness (QED) is 0.482. The van der Waals surface area contributed by atoms with Gasteiger partial charge in [0.15, 0.2) is 4.77 Å². The van der Waals surface area contributed by atoms with Crippen molar-refractivity contribution in [2.75, 3.05) is 13.2 Å². The number of hydrogen-bond acceptors (Lipinski definition) is 6. The second-order valence-electron chi connectivity index (χ2n) is 4.31. The van der Waals surface area contributed by atoms with Crippen LogP contribution in [-0.4, -0.2) is 28.0 Å². The molecule has 0 aliphatic carbocycles. The summed E-state index contributed by atoms with van der Waals surface area (Å²) in [6, 6.07) is 7.41. The molecule has 0 spiro atoms. The van der Waals surface area contributed by atoms with Gasteiger partial charge in [0.25, 0.3) is 0 Å². The van der Waals surface area contributed by atoms with Gasteiger partial charge in [0, 0.05) is 10.7 Å². The number of aromatic nitrogens is 3. The van der Waals surface area contributed by atoms with E-state index in [1.165, 1.54) is 11.4 Å². The summed E-state index contributed by atoms with van der Waals surface area (Å²) >= 11 is 18.2. The van der Waals surface area contributed by atoms with Crippen LogP contribution < -0.4 is 0 Å².